The van der Waals surface area contributed by atoms with Crippen LogP contribution in [0.3, 0.4) is 0 Å². The number of rotatable bonds is 5. The smallest absolute Gasteiger partial charge is 0.0134 e. The van der Waals surface area contributed by atoms with Crippen LogP contribution in [0.25, 0.3) is 0 Å². The minimum atomic E-state index is 0.651. The van der Waals surface area contributed by atoms with Crippen molar-refractivity contribution in [2.24, 2.45) is 5.92 Å². The first-order valence-corrected chi connectivity index (χ1v) is 4.06. The molecule has 10 heavy (non-hydrogen) atoms. The van der Waals surface area contributed by atoms with Gasteiger partial charge in [0.25, 0.3) is 0 Å². The Hall–Kier alpha value is -0.300. The highest BCUT2D eigenvalue weighted by Crippen LogP contribution is 2.04. The molecule has 0 aromatic heterocycles. The fraction of sp³-hybridized carbons (Fsp3) is 0.778. The van der Waals surface area contributed by atoms with E-state index in [0.717, 1.165) is 12.5 Å². The van der Waals surface area contributed by atoms with E-state index in [2.05, 4.69) is 32.7 Å². The van der Waals surface area contributed by atoms with Gasteiger partial charge in [0, 0.05) is 12.6 Å². The van der Waals surface area contributed by atoms with Crippen LogP contribution < -0.4 is 5.32 Å². The van der Waals surface area contributed by atoms with Gasteiger partial charge in [0.1, 0.15) is 0 Å². The molecule has 0 saturated heterocycles. The second-order valence-electron chi connectivity index (χ2n) is 2.96. The van der Waals surface area contributed by atoms with Crippen LogP contribution in [0.1, 0.15) is 27.2 Å². The molecular weight excluding hydrogens is 122 g/mol. The summed E-state index contributed by atoms with van der Waals surface area (Å²) in [6.45, 7) is 11.3. The van der Waals surface area contributed by atoms with Crippen molar-refractivity contribution in [3.05, 3.63) is 12.7 Å². The van der Waals surface area contributed by atoms with Crippen molar-refractivity contribution < 1.29 is 0 Å². The van der Waals surface area contributed by atoms with Crippen molar-refractivity contribution in [3.63, 3.8) is 0 Å². The van der Waals surface area contributed by atoms with Crippen LogP contribution in [0, 0.1) is 5.92 Å². The normalized spacial score (nSPS) is 13.6. The third-order valence-corrected chi connectivity index (χ3v) is 1.77. The van der Waals surface area contributed by atoms with E-state index in [1.165, 1.54) is 6.42 Å². The SMILES string of the molecule is C=CCNC(CC)C(C)C. The van der Waals surface area contributed by atoms with Crippen molar-refractivity contribution in [1.82, 2.24) is 5.32 Å². The second kappa shape index (κ2) is 5.48. The van der Waals surface area contributed by atoms with E-state index in [9.17, 15) is 0 Å². The molecule has 1 unspecified atom stereocenters. The van der Waals surface area contributed by atoms with Gasteiger partial charge < -0.3 is 5.32 Å². The summed E-state index contributed by atoms with van der Waals surface area (Å²) < 4.78 is 0. The molecule has 0 aliphatic rings. The highest BCUT2D eigenvalue weighted by molar-refractivity contribution is 4.75. The zero-order valence-electron chi connectivity index (χ0n) is 7.35. The van der Waals surface area contributed by atoms with E-state index in [0.29, 0.717) is 6.04 Å². The standard InChI is InChI=1S/C9H19N/c1-5-7-10-9(6-2)8(3)4/h5,8-10H,1,6-7H2,2-4H3. The number of hydrogen-bond donors (Lipinski definition) is 1. The van der Waals surface area contributed by atoms with Crippen molar-refractivity contribution in [3.8, 4) is 0 Å². The lowest BCUT2D eigenvalue weighted by atomic mass is 10.0. The third kappa shape index (κ3) is 3.67. The lowest BCUT2D eigenvalue weighted by Gasteiger charge is -2.19. The summed E-state index contributed by atoms with van der Waals surface area (Å²) in [6, 6.07) is 0.651. The maximum atomic E-state index is 3.66. The lowest BCUT2D eigenvalue weighted by molar-refractivity contribution is 0.404. The topological polar surface area (TPSA) is 12.0 Å². The van der Waals surface area contributed by atoms with Crippen molar-refractivity contribution in [2.75, 3.05) is 6.54 Å². The van der Waals surface area contributed by atoms with Crippen molar-refractivity contribution in [2.45, 2.75) is 33.2 Å². The van der Waals surface area contributed by atoms with Crippen LogP contribution in [-0.2, 0) is 0 Å². The van der Waals surface area contributed by atoms with Gasteiger partial charge in [-0.3, -0.25) is 0 Å². The number of hydrogen-bond acceptors (Lipinski definition) is 1. The Morgan fingerprint density at radius 3 is 2.40 bits per heavy atom. The molecule has 0 fully saturated rings. The second-order valence-corrected chi connectivity index (χ2v) is 2.96. The van der Waals surface area contributed by atoms with E-state index in [1.54, 1.807) is 0 Å². The Morgan fingerprint density at radius 1 is 1.50 bits per heavy atom. The minimum Gasteiger partial charge on any atom is -0.310 e. The Morgan fingerprint density at radius 2 is 2.10 bits per heavy atom. The summed E-state index contributed by atoms with van der Waals surface area (Å²) in [4.78, 5) is 0. The van der Waals surface area contributed by atoms with Gasteiger partial charge in [0.2, 0.25) is 0 Å². The Labute approximate surface area is 64.5 Å². The fourth-order valence-corrected chi connectivity index (χ4v) is 1.09. The van der Waals surface area contributed by atoms with Crippen LogP contribution in [0.4, 0.5) is 0 Å². The molecule has 60 valence electrons. The van der Waals surface area contributed by atoms with Gasteiger partial charge in [0.05, 0.1) is 0 Å². The molecule has 0 radical (unpaired) electrons. The quantitative estimate of drug-likeness (QED) is 0.579. The highest BCUT2D eigenvalue weighted by Gasteiger charge is 2.07. The molecule has 0 spiro atoms. The molecule has 0 aliphatic carbocycles. The van der Waals surface area contributed by atoms with Crippen molar-refractivity contribution in [1.29, 1.82) is 0 Å². The molecule has 1 atom stereocenters. The first-order chi connectivity index (χ1) is 4.72. The zero-order chi connectivity index (χ0) is 7.98. The molecule has 0 bridgehead atoms. The molecular formula is C9H19N. The van der Waals surface area contributed by atoms with Crippen LogP contribution in [0.2, 0.25) is 0 Å². The summed E-state index contributed by atoms with van der Waals surface area (Å²) in [5.74, 6) is 0.727. The summed E-state index contributed by atoms with van der Waals surface area (Å²) in [5.41, 5.74) is 0. The summed E-state index contributed by atoms with van der Waals surface area (Å²) in [7, 11) is 0. The predicted octanol–water partition coefficient (Wildman–Crippen LogP) is 2.20. The average molecular weight is 141 g/mol. The molecule has 1 nitrogen and oxygen atoms in total. The molecule has 0 rings (SSSR count). The van der Waals surface area contributed by atoms with E-state index >= 15 is 0 Å². The van der Waals surface area contributed by atoms with Gasteiger partial charge >= 0.3 is 0 Å². The summed E-state index contributed by atoms with van der Waals surface area (Å²) >= 11 is 0. The van der Waals surface area contributed by atoms with Gasteiger partial charge in [-0.15, -0.1) is 6.58 Å². The Kier molecular flexibility index (Phi) is 5.32. The first-order valence-electron chi connectivity index (χ1n) is 4.06. The monoisotopic (exact) mass is 141 g/mol. The van der Waals surface area contributed by atoms with Gasteiger partial charge in [-0.2, -0.15) is 0 Å². The third-order valence-electron chi connectivity index (χ3n) is 1.77. The maximum Gasteiger partial charge on any atom is 0.0134 e. The fourth-order valence-electron chi connectivity index (χ4n) is 1.09. The number of nitrogens with one attached hydrogen (secondary N) is 1. The average Bonchev–Trinajstić information content (AvgIpc) is 1.89. The van der Waals surface area contributed by atoms with Gasteiger partial charge in [0.15, 0.2) is 0 Å². The summed E-state index contributed by atoms with van der Waals surface area (Å²) in [6.07, 6.45) is 3.11. The molecule has 0 aliphatic heterocycles. The van der Waals surface area contributed by atoms with E-state index in [1.807, 2.05) is 6.08 Å². The molecule has 0 amide bonds. The van der Waals surface area contributed by atoms with Crippen LogP contribution in [-0.4, -0.2) is 12.6 Å². The first kappa shape index (κ1) is 9.70. The molecule has 0 aromatic rings. The minimum absolute atomic E-state index is 0.651. The van der Waals surface area contributed by atoms with Crippen LogP contribution in [0.15, 0.2) is 12.7 Å². The van der Waals surface area contributed by atoms with Gasteiger partial charge in [-0.25, -0.2) is 0 Å². The molecule has 0 heterocycles. The van der Waals surface area contributed by atoms with Crippen LogP contribution >= 0.6 is 0 Å². The Balaban J connectivity index is 3.49. The predicted molar refractivity (Wildman–Crippen MR) is 47.1 cm³/mol. The van der Waals surface area contributed by atoms with E-state index in [-0.39, 0.29) is 0 Å². The van der Waals surface area contributed by atoms with E-state index in [4.69, 9.17) is 0 Å². The molecule has 0 aromatic carbocycles. The van der Waals surface area contributed by atoms with E-state index < -0.39 is 0 Å². The molecule has 0 saturated carbocycles. The van der Waals surface area contributed by atoms with Gasteiger partial charge in [-0.05, 0) is 12.3 Å². The molecule has 1 heteroatoms. The van der Waals surface area contributed by atoms with Gasteiger partial charge in [-0.1, -0.05) is 26.8 Å². The maximum absolute atomic E-state index is 3.66. The summed E-state index contributed by atoms with van der Waals surface area (Å²) in [5, 5.41) is 3.40. The Bertz CT molecular complexity index is 86.7. The molecule has 1 N–H and O–H groups in total. The van der Waals surface area contributed by atoms with Crippen LogP contribution in [0.5, 0.6) is 0 Å². The zero-order valence-corrected chi connectivity index (χ0v) is 7.35. The lowest BCUT2D eigenvalue weighted by Crippen LogP contribution is -2.33. The van der Waals surface area contributed by atoms with Crippen molar-refractivity contribution >= 4 is 0 Å². The highest BCUT2D eigenvalue weighted by atomic mass is 14.9. The largest absolute Gasteiger partial charge is 0.310 e.